The number of halogens is 6. The molecular weight excluding hydrogens is 354 g/mol. The highest BCUT2D eigenvalue weighted by Crippen LogP contribution is 2.25. The Morgan fingerprint density at radius 3 is 2.08 bits per heavy atom. The molecule has 1 aromatic carbocycles. The normalized spacial score (nSPS) is 13.0. The zero-order valence-electron chi connectivity index (χ0n) is 13.1. The number of ether oxygens (including phenoxy) is 1. The SMILES string of the molecule is CN(C)C=CC(=CC(=O)C(F)(F)F)Nc1ccc(OC(F)(F)F)cc1. The van der Waals surface area contributed by atoms with Crippen molar-refractivity contribution in [1.29, 1.82) is 0 Å². The quantitative estimate of drug-likeness (QED) is 0.467. The predicted molar refractivity (Wildman–Crippen MR) is 78.7 cm³/mol. The molecule has 0 aliphatic carbocycles. The lowest BCUT2D eigenvalue weighted by Crippen LogP contribution is -2.21. The number of anilines is 1. The van der Waals surface area contributed by atoms with Gasteiger partial charge in [-0.25, -0.2) is 0 Å². The fourth-order valence-electron chi connectivity index (χ4n) is 1.48. The maximum absolute atomic E-state index is 12.4. The van der Waals surface area contributed by atoms with Gasteiger partial charge in [0, 0.05) is 37.8 Å². The molecule has 0 radical (unpaired) electrons. The van der Waals surface area contributed by atoms with Gasteiger partial charge in [0.1, 0.15) is 5.75 Å². The molecule has 4 nitrogen and oxygen atoms in total. The summed E-state index contributed by atoms with van der Waals surface area (Å²) in [6, 6.07) is 4.29. The molecule has 138 valence electrons. The molecule has 0 amide bonds. The topological polar surface area (TPSA) is 41.6 Å². The van der Waals surface area contributed by atoms with Crippen LogP contribution in [0.4, 0.5) is 32.0 Å². The second-order valence-corrected chi connectivity index (χ2v) is 4.94. The van der Waals surface area contributed by atoms with Gasteiger partial charge in [0.25, 0.3) is 5.78 Å². The van der Waals surface area contributed by atoms with Gasteiger partial charge in [0.2, 0.25) is 0 Å². The molecule has 0 saturated heterocycles. The summed E-state index contributed by atoms with van der Waals surface area (Å²) in [7, 11) is 3.23. The summed E-state index contributed by atoms with van der Waals surface area (Å²) in [4.78, 5) is 12.6. The third kappa shape index (κ3) is 8.13. The number of hydrogen-bond donors (Lipinski definition) is 1. The van der Waals surface area contributed by atoms with Crippen LogP contribution in [-0.2, 0) is 4.79 Å². The Balaban J connectivity index is 2.98. The molecule has 0 aliphatic rings. The third-order valence-electron chi connectivity index (χ3n) is 2.49. The largest absolute Gasteiger partial charge is 0.573 e. The number of rotatable bonds is 6. The maximum atomic E-state index is 12.4. The van der Waals surface area contributed by atoms with Gasteiger partial charge in [-0.15, -0.1) is 13.2 Å². The summed E-state index contributed by atoms with van der Waals surface area (Å²) in [5, 5.41) is 2.52. The van der Waals surface area contributed by atoms with E-state index in [0.717, 1.165) is 24.3 Å². The van der Waals surface area contributed by atoms with Crippen LogP contribution in [0.25, 0.3) is 0 Å². The molecule has 1 rings (SSSR count). The van der Waals surface area contributed by atoms with Gasteiger partial charge in [-0.1, -0.05) is 0 Å². The molecule has 25 heavy (non-hydrogen) atoms. The lowest BCUT2D eigenvalue weighted by atomic mass is 10.2. The molecule has 0 unspecified atom stereocenters. The Morgan fingerprint density at radius 1 is 1.08 bits per heavy atom. The van der Waals surface area contributed by atoms with E-state index in [-0.39, 0.29) is 11.4 Å². The summed E-state index contributed by atoms with van der Waals surface area (Å²) >= 11 is 0. The van der Waals surface area contributed by atoms with Crippen LogP contribution in [-0.4, -0.2) is 37.3 Å². The van der Waals surface area contributed by atoms with E-state index < -0.39 is 24.1 Å². The van der Waals surface area contributed by atoms with Crippen molar-refractivity contribution < 1.29 is 35.9 Å². The molecule has 0 heterocycles. The van der Waals surface area contributed by atoms with Crippen LogP contribution < -0.4 is 10.1 Å². The van der Waals surface area contributed by atoms with Gasteiger partial charge in [0.15, 0.2) is 0 Å². The molecule has 0 saturated carbocycles. The molecule has 0 aliphatic heterocycles. The summed E-state index contributed by atoms with van der Waals surface area (Å²) in [6.45, 7) is 0. The zero-order valence-corrected chi connectivity index (χ0v) is 13.1. The van der Waals surface area contributed by atoms with Crippen molar-refractivity contribution in [2.75, 3.05) is 19.4 Å². The minimum absolute atomic E-state index is 0.166. The van der Waals surface area contributed by atoms with Crippen LogP contribution in [0.3, 0.4) is 0 Å². The Labute approximate surface area is 139 Å². The number of hydrogen-bond acceptors (Lipinski definition) is 4. The van der Waals surface area contributed by atoms with Gasteiger partial charge < -0.3 is 15.0 Å². The number of allylic oxidation sites excluding steroid dienone is 2. The number of nitrogens with zero attached hydrogens (tertiary/aromatic N) is 1. The van der Waals surface area contributed by atoms with Crippen molar-refractivity contribution in [2.45, 2.75) is 12.5 Å². The molecule has 10 heteroatoms. The first kappa shape index (κ1) is 20.4. The first-order valence-corrected chi connectivity index (χ1v) is 6.67. The monoisotopic (exact) mass is 368 g/mol. The average Bonchev–Trinajstić information content (AvgIpc) is 2.44. The molecule has 0 fully saturated rings. The highest BCUT2D eigenvalue weighted by atomic mass is 19.4. The summed E-state index contributed by atoms with van der Waals surface area (Å²) in [5.74, 6) is -2.56. The summed E-state index contributed by atoms with van der Waals surface area (Å²) < 4.78 is 77.1. The van der Waals surface area contributed by atoms with E-state index in [1.807, 2.05) is 0 Å². The van der Waals surface area contributed by atoms with E-state index in [2.05, 4.69) is 10.1 Å². The highest BCUT2D eigenvalue weighted by Gasteiger charge is 2.36. The van der Waals surface area contributed by atoms with Crippen molar-refractivity contribution in [2.24, 2.45) is 0 Å². The van der Waals surface area contributed by atoms with Crippen LogP contribution in [0.15, 0.2) is 48.3 Å². The zero-order chi connectivity index (χ0) is 19.3. The highest BCUT2D eigenvalue weighted by molar-refractivity contribution is 5.95. The smallest absolute Gasteiger partial charge is 0.406 e. The predicted octanol–water partition coefficient (Wildman–Crippen LogP) is 4.09. The second-order valence-electron chi connectivity index (χ2n) is 4.94. The number of benzene rings is 1. The summed E-state index contributed by atoms with van der Waals surface area (Å²) in [5.41, 5.74) is -0.0281. The minimum atomic E-state index is -5.04. The van der Waals surface area contributed by atoms with Crippen molar-refractivity contribution in [3.05, 3.63) is 48.3 Å². The maximum Gasteiger partial charge on any atom is 0.573 e. The Bertz CT molecular complexity index is 645. The van der Waals surface area contributed by atoms with E-state index in [9.17, 15) is 31.1 Å². The Hall–Kier alpha value is -2.65. The van der Waals surface area contributed by atoms with Crippen molar-refractivity contribution >= 4 is 11.5 Å². The number of carbonyl (C=O) groups is 1. The molecule has 1 aromatic rings. The first-order valence-electron chi connectivity index (χ1n) is 6.67. The second kappa shape index (κ2) is 7.95. The average molecular weight is 368 g/mol. The Morgan fingerprint density at radius 2 is 1.64 bits per heavy atom. The van der Waals surface area contributed by atoms with Crippen LogP contribution in [0.1, 0.15) is 0 Å². The Kier molecular flexibility index (Phi) is 6.49. The van der Waals surface area contributed by atoms with Crippen molar-refractivity contribution in [1.82, 2.24) is 4.90 Å². The molecule has 1 N–H and O–H groups in total. The molecular formula is C15H14F6N2O2. The van der Waals surface area contributed by atoms with E-state index in [1.54, 1.807) is 14.1 Å². The van der Waals surface area contributed by atoms with E-state index in [4.69, 9.17) is 0 Å². The van der Waals surface area contributed by atoms with Crippen LogP contribution in [0.2, 0.25) is 0 Å². The number of nitrogens with one attached hydrogen (secondary N) is 1. The van der Waals surface area contributed by atoms with Crippen LogP contribution in [0, 0.1) is 0 Å². The fourth-order valence-corrected chi connectivity index (χ4v) is 1.48. The van der Waals surface area contributed by atoms with Crippen molar-refractivity contribution in [3.63, 3.8) is 0 Å². The van der Waals surface area contributed by atoms with E-state index >= 15 is 0 Å². The van der Waals surface area contributed by atoms with Gasteiger partial charge in [-0.3, -0.25) is 4.79 Å². The van der Waals surface area contributed by atoms with Gasteiger partial charge in [-0.05, 0) is 30.3 Å². The first-order chi connectivity index (χ1) is 11.4. The van der Waals surface area contributed by atoms with Crippen LogP contribution in [0.5, 0.6) is 5.75 Å². The lowest BCUT2D eigenvalue weighted by molar-refractivity contribution is -0.274. The minimum Gasteiger partial charge on any atom is -0.406 e. The molecule has 0 atom stereocenters. The lowest BCUT2D eigenvalue weighted by Gasteiger charge is -2.12. The molecule has 0 spiro atoms. The summed E-state index contributed by atoms with van der Waals surface area (Å²) in [6.07, 6.45) is -6.94. The number of alkyl halides is 6. The van der Waals surface area contributed by atoms with E-state index in [1.165, 1.54) is 17.2 Å². The molecule has 0 aromatic heterocycles. The molecule has 0 bridgehead atoms. The van der Waals surface area contributed by atoms with Gasteiger partial charge >= 0.3 is 12.5 Å². The van der Waals surface area contributed by atoms with Gasteiger partial charge in [0.05, 0.1) is 0 Å². The standard InChI is InChI=1S/C15H14F6N2O2/c1-23(2)8-7-11(9-13(24)14(16,17)18)22-10-3-5-12(6-4-10)25-15(19,20)21/h3-9,22H,1-2H3. The number of ketones is 1. The van der Waals surface area contributed by atoms with Crippen molar-refractivity contribution in [3.8, 4) is 5.75 Å². The number of carbonyl (C=O) groups excluding carboxylic acids is 1. The van der Waals surface area contributed by atoms with Crippen LogP contribution >= 0.6 is 0 Å². The fraction of sp³-hybridized carbons (Fsp3) is 0.267. The van der Waals surface area contributed by atoms with E-state index in [0.29, 0.717) is 6.08 Å². The van der Waals surface area contributed by atoms with Gasteiger partial charge in [-0.2, -0.15) is 13.2 Å². The third-order valence-corrected chi connectivity index (χ3v) is 2.49.